The number of carbonyl (C=O) groups excluding carboxylic acids is 1. The molecule has 0 unspecified atom stereocenters. The first kappa shape index (κ1) is 18.3. The second-order valence-corrected chi connectivity index (χ2v) is 7.11. The van der Waals surface area contributed by atoms with Crippen LogP contribution in [0.15, 0.2) is 47.0 Å². The zero-order valence-electron chi connectivity index (χ0n) is 16.1. The third kappa shape index (κ3) is 4.09. The Bertz CT molecular complexity index is 959. The van der Waals surface area contributed by atoms with E-state index in [0.717, 1.165) is 24.3 Å². The van der Waals surface area contributed by atoms with Crippen molar-refractivity contribution in [3.05, 3.63) is 65.3 Å². The molecular weight excluding hydrogens is 354 g/mol. The van der Waals surface area contributed by atoms with Crippen LogP contribution in [0.1, 0.15) is 27.6 Å². The van der Waals surface area contributed by atoms with Crippen molar-refractivity contribution in [1.82, 2.24) is 24.9 Å². The van der Waals surface area contributed by atoms with Crippen molar-refractivity contribution in [1.29, 1.82) is 0 Å². The number of aryl methyl sites for hydroxylation is 2. The van der Waals surface area contributed by atoms with Gasteiger partial charge in [0.1, 0.15) is 5.69 Å². The maximum atomic E-state index is 12.6. The van der Waals surface area contributed by atoms with Gasteiger partial charge in [0.25, 0.3) is 5.91 Å². The van der Waals surface area contributed by atoms with Gasteiger partial charge in [0.2, 0.25) is 11.7 Å². The van der Waals surface area contributed by atoms with Crippen LogP contribution in [-0.2, 0) is 6.54 Å². The predicted octanol–water partition coefficient (Wildman–Crippen LogP) is 2.71. The highest BCUT2D eigenvalue weighted by atomic mass is 16.5. The Morgan fingerprint density at radius 1 is 1.00 bits per heavy atom. The summed E-state index contributed by atoms with van der Waals surface area (Å²) in [6.07, 6.45) is 0. The molecule has 3 aromatic rings. The third-order valence-electron chi connectivity index (χ3n) is 4.90. The molecule has 1 aliphatic heterocycles. The van der Waals surface area contributed by atoms with E-state index in [1.165, 1.54) is 5.56 Å². The van der Waals surface area contributed by atoms with Crippen LogP contribution in [0, 0.1) is 13.8 Å². The summed E-state index contributed by atoms with van der Waals surface area (Å²) < 4.78 is 5.42. The highest BCUT2D eigenvalue weighted by Gasteiger charge is 2.24. The molecule has 0 radical (unpaired) electrons. The van der Waals surface area contributed by atoms with Crippen molar-refractivity contribution >= 4 is 5.91 Å². The van der Waals surface area contributed by atoms with Gasteiger partial charge in [0.15, 0.2) is 0 Å². The molecule has 0 bridgehead atoms. The van der Waals surface area contributed by atoms with Gasteiger partial charge in [0, 0.05) is 37.4 Å². The molecule has 1 saturated heterocycles. The first-order chi connectivity index (χ1) is 13.6. The molecule has 1 aliphatic rings. The second-order valence-electron chi connectivity index (χ2n) is 7.11. The lowest BCUT2D eigenvalue weighted by atomic mass is 10.1. The fourth-order valence-electron chi connectivity index (χ4n) is 3.26. The number of rotatable bonds is 4. The van der Waals surface area contributed by atoms with Gasteiger partial charge in [-0.3, -0.25) is 9.69 Å². The number of carbonyl (C=O) groups is 1. The molecule has 144 valence electrons. The molecule has 4 rings (SSSR count). The van der Waals surface area contributed by atoms with E-state index in [4.69, 9.17) is 4.52 Å². The number of aromatic nitrogens is 3. The molecule has 28 heavy (non-hydrogen) atoms. The van der Waals surface area contributed by atoms with E-state index >= 15 is 0 Å². The van der Waals surface area contributed by atoms with Crippen LogP contribution in [-0.4, -0.2) is 57.0 Å². The van der Waals surface area contributed by atoms with Crippen LogP contribution >= 0.6 is 0 Å². The lowest BCUT2D eigenvalue weighted by Gasteiger charge is -2.33. The average Bonchev–Trinajstić information content (AvgIpc) is 3.17. The van der Waals surface area contributed by atoms with E-state index < -0.39 is 0 Å². The van der Waals surface area contributed by atoms with E-state index in [-0.39, 0.29) is 5.91 Å². The van der Waals surface area contributed by atoms with E-state index in [1.54, 1.807) is 6.07 Å². The predicted molar refractivity (Wildman–Crippen MR) is 105 cm³/mol. The number of nitrogens with zero attached hydrogens (tertiary/aromatic N) is 5. The Hall–Kier alpha value is -3.06. The van der Waals surface area contributed by atoms with Crippen molar-refractivity contribution in [2.75, 3.05) is 26.2 Å². The van der Waals surface area contributed by atoms with Gasteiger partial charge in [0.05, 0.1) is 6.54 Å². The minimum Gasteiger partial charge on any atom is -0.338 e. The number of hydrogen-bond acceptors (Lipinski definition) is 6. The average molecular weight is 377 g/mol. The van der Waals surface area contributed by atoms with Gasteiger partial charge in [-0.25, -0.2) is 4.98 Å². The number of amides is 1. The molecule has 0 saturated carbocycles. The molecule has 0 N–H and O–H groups in total. The van der Waals surface area contributed by atoms with Crippen LogP contribution < -0.4 is 0 Å². The zero-order chi connectivity index (χ0) is 19.5. The Balaban J connectivity index is 1.33. The van der Waals surface area contributed by atoms with E-state index in [1.807, 2.05) is 55.1 Å². The number of benzene rings is 1. The van der Waals surface area contributed by atoms with Crippen LogP contribution in [0.2, 0.25) is 0 Å². The highest BCUT2D eigenvalue weighted by Crippen LogP contribution is 2.17. The molecule has 3 heterocycles. The van der Waals surface area contributed by atoms with Crippen LogP contribution in [0.5, 0.6) is 0 Å². The van der Waals surface area contributed by atoms with Crippen molar-refractivity contribution in [3.8, 4) is 11.4 Å². The summed E-state index contributed by atoms with van der Waals surface area (Å²) in [5.41, 5.74) is 3.50. The highest BCUT2D eigenvalue weighted by molar-refractivity contribution is 5.92. The maximum Gasteiger partial charge on any atom is 0.272 e. The molecule has 0 spiro atoms. The standard InChI is InChI=1S/C21H23N5O2/c1-15-6-8-17(9-7-15)20-23-19(28-24-20)14-25-10-12-26(13-11-25)21(27)18-5-3-4-16(2)22-18/h3-9H,10-14H2,1-2H3. The van der Waals surface area contributed by atoms with Gasteiger partial charge < -0.3 is 9.42 Å². The summed E-state index contributed by atoms with van der Waals surface area (Å²) >= 11 is 0. The second kappa shape index (κ2) is 7.90. The van der Waals surface area contributed by atoms with Crippen LogP contribution in [0.3, 0.4) is 0 Å². The summed E-state index contributed by atoms with van der Waals surface area (Å²) in [6.45, 7) is 7.37. The van der Waals surface area contributed by atoms with Crippen molar-refractivity contribution in [2.45, 2.75) is 20.4 Å². The molecule has 1 aromatic carbocycles. The van der Waals surface area contributed by atoms with Crippen molar-refractivity contribution < 1.29 is 9.32 Å². The molecule has 1 fully saturated rings. The van der Waals surface area contributed by atoms with E-state index in [9.17, 15) is 4.79 Å². The largest absolute Gasteiger partial charge is 0.338 e. The van der Waals surface area contributed by atoms with Gasteiger partial charge in [-0.1, -0.05) is 41.1 Å². The number of piperazine rings is 1. The molecule has 1 amide bonds. The fourth-order valence-corrected chi connectivity index (χ4v) is 3.26. The zero-order valence-corrected chi connectivity index (χ0v) is 16.1. The Morgan fingerprint density at radius 2 is 1.75 bits per heavy atom. The monoisotopic (exact) mass is 377 g/mol. The van der Waals surface area contributed by atoms with E-state index in [2.05, 4.69) is 20.0 Å². The Morgan fingerprint density at radius 3 is 2.46 bits per heavy atom. The molecule has 2 aromatic heterocycles. The van der Waals surface area contributed by atoms with Gasteiger partial charge in [-0.15, -0.1) is 0 Å². The smallest absolute Gasteiger partial charge is 0.272 e. The first-order valence-corrected chi connectivity index (χ1v) is 9.43. The van der Waals surface area contributed by atoms with Crippen LogP contribution in [0.25, 0.3) is 11.4 Å². The first-order valence-electron chi connectivity index (χ1n) is 9.43. The molecule has 7 nitrogen and oxygen atoms in total. The molecular formula is C21H23N5O2. The SMILES string of the molecule is Cc1ccc(-c2noc(CN3CCN(C(=O)c4cccc(C)n4)CC3)n2)cc1. The van der Waals surface area contributed by atoms with E-state index in [0.29, 0.717) is 37.0 Å². The molecule has 0 aliphatic carbocycles. The van der Waals surface area contributed by atoms with Gasteiger partial charge >= 0.3 is 0 Å². The van der Waals surface area contributed by atoms with Gasteiger partial charge in [-0.2, -0.15) is 4.98 Å². The minimum absolute atomic E-state index is 0.0113. The number of hydrogen-bond donors (Lipinski definition) is 0. The summed E-state index contributed by atoms with van der Waals surface area (Å²) in [4.78, 5) is 25.5. The summed E-state index contributed by atoms with van der Waals surface area (Å²) in [6, 6.07) is 13.6. The molecule has 0 atom stereocenters. The lowest BCUT2D eigenvalue weighted by molar-refractivity contribution is 0.0609. The fraction of sp³-hybridized carbons (Fsp3) is 0.333. The Labute approximate surface area is 164 Å². The maximum absolute atomic E-state index is 12.6. The normalized spacial score (nSPS) is 15.0. The number of pyridine rings is 1. The van der Waals surface area contributed by atoms with Gasteiger partial charge in [-0.05, 0) is 26.0 Å². The van der Waals surface area contributed by atoms with Crippen molar-refractivity contribution in [2.24, 2.45) is 0 Å². The van der Waals surface area contributed by atoms with Crippen molar-refractivity contribution in [3.63, 3.8) is 0 Å². The lowest BCUT2D eigenvalue weighted by Crippen LogP contribution is -2.48. The summed E-state index contributed by atoms with van der Waals surface area (Å²) in [7, 11) is 0. The quantitative estimate of drug-likeness (QED) is 0.696. The topological polar surface area (TPSA) is 75.4 Å². The molecule has 7 heteroatoms. The van der Waals surface area contributed by atoms with Crippen LogP contribution in [0.4, 0.5) is 0 Å². The Kier molecular flexibility index (Phi) is 5.16. The summed E-state index contributed by atoms with van der Waals surface area (Å²) in [5.74, 6) is 1.19. The summed E-state index contributed by atoms with van der Waals surface area (Å²) in [5, 5.41) is 4.09. The third-order valence-corrected chi connectivity index (χ3v) is 4.90. The minimum atomic E-state index is -0.0113.